The lowest BCUT2D eigenvalue weighted by Crippen LogP contribution is -2.39. The smallest absolute Gasteiger partial charge is 0.237 e. The van der Waals surface area contributed by atoms with Crippen molar-refractivity contribution < 1.29 is 13.9 Å². The topological polar surface area (TPSA) is 50.4 Å². The summed E-state index contributed by atoms with van der Waals surface area (Å²) in [6, 6.07) is 13.8. The summed E-state index contributed by atoms with van der Waals surface area (Å²) < 4.78 is 18.5. The molecule has 6 heteroatoms. The van der Waals surface area contributed by atoms with Crippen molar-refractivity contribution in [2.75, 3.05) is 6.54 Å². The van der Waals surface area contributed by atoms with Crippen LogP contribution in [0.1, 0.15) is 24.0 Å². The predicted molar refractivity (Wildman–Crippen MR) is 97.3 cm³/mol. The van der Waals surface area contributed by atoms with E-state index in [2.05, 4.69) is 10.6 Å². The molecule has 2 N–H and O–H groups in total. The minimum atomic E-state index is -0.252. The first-order valence-corrected chi connectivity index (χ1v) is 8.18. The molecule has 1 unspecified atom stereocenters. The molecule has 0 radical (unpaired) electrons. The molecule has 2 aromatic rings. The Balaban J connectivity index is 0.00000225. The van der Waals surface area contributed by atoms with Gasteiger partial charge in [0.05, 0.1) is 6.04 Å². The van der Waals surface area contributed by atoms with Gasteiger partial charge in [-0.25, -0.2) is 4.39 Å². The van der Waals surface area contributed by atoms with Crippen molar-refractivity contribution in [2.45, 2.75) is 32.0 Å². The summed E-state index contributed by atoms with van der Waals surface area (Å²) in [7, 11) is 0. The average molecular weight is 365 g/mol. The van der Waals surface area contributed by atoms with Crippen LogP contribution in [-0.2, 0) is 17.9 Å². The zero-order valence-corrected chi connectivity index (χ0v) is 14.7. The first-order valence-electron chi connectivity index (χ1n) is 8.18. The van der Waals surface area contributed by atoms with Crippen LogP contribution in [-0.4, -0.2) is 18.5 Å². The Kier molecular flexibility index (Phi) is 7.22. The van der Waals surface area contributed by atoms with Crippen molar-refractivity contribution in [2.24, 2.45) is 0 Å². The molecule has 25 heavy (non-hydrogen) atoms. The Labute approximate surface area is 153 Å². The van der Waals surface area contributed by atoms with E-state index in [0.717, 1.165) is 36.3 Å². The standard InChI is InChI=1S/C19H21FN2O2.ClH/c20-16-7-3-15(4-8-16)13-24-17-9-5-14(6-10-17)12-22-19(23)18-2-1-11-21-18;/h3-10,18,21H,1-2,11-13H2,(H,22,23);1H. The molecule has 2 aromatic carbocycles. The highest BCUT2D eigenvalue weighted by Crippen LogP contribution is 2.15. The molecule has 1 aliphatic heterocycles. The average Bonchev–Trinajstić information content (AvgIpc) is 3.15. The number of rotatable bonds is 6. The molecule has 0 aromatic heterocycles. The predicted octanol–water partition coefficient (Wildman–Crippen LogP) is 3.19. The van der Waals surface area contributed by atoms with Gasteiger partial charge in [0.15, 0.2) is 0 Å². The summed E-state index contributed by atoms with van der Waals surface area (Å²) in [6.45, 7) is 1.82. The molecule has 1 saturated heterocycles. The summed E-state index contributed by atoms with van der Waals surface area (Å²) >= 11 is 0. The number of amides is 1. The van der Waals surface area contributed by atoms with Gasteiger partial charge in [-0.1, -0.05) is 24.3 Å². The third-order valence-electron chi connectivity index (χ3n) is 4.09. The van der Waals surface area contributed by atoms with Crippen LogP contribution in [0.3, 0.4) is 0 Å². The van der Waals surface area contributed by atoms with E-state index < -0.39 is 0 Å². The molecule has 0 bridgehead atoms. The van der Waals surface area contributed by atoms with Gasteiger partial charge in [0.25, 0.3) is 0 Å². The third kappa shape index (κ3) is 5.73. The number of carbonyl (C=O) groups is 1. The minimum Gasteiger partial charge on any atom is -0.489 e. The lowest BCUT2D eigenvalue weighted by molar-refractivity contribution is -0.122. The number of hydrogen-bond acceptors (Lipinski definition) is 3. The van der Waals surface area contributed by atoms with Gasteiger partial charge < -0.3 is 15.4 Å². The van der Waals surface area contributed by atoms with E-state index in [0.29, 0.717) is 13.2 Å². The van der Waals surface area contributed by atoms with Crippen LogP contribution < -0.4 is 15.4 Å². The van der Waals surface area contributed by atoms with Gasteiger partial charge in [0.1, 0.15) is 18.2 Å². The Morgan fingerprint density at radius 3 is 2.44 bits per heavy atom. The maximum Gasteiger partial charge on any atom is 0.237 e. The molecule has 1 aliphatic rings. The van der Waals surface area contributed by atoms with Crippen LogP contribution in [0.5, 0.6) is 5.75 Å². The first-order chi connectivity index (χ1) is 11.7. The van der Waals surface area contributed by atoms with Crippen LogP contribution in [0.15, 0.2) is 48.5 Å². The van der Waals surface area contributed by atoms with Gasteiger partial charge in [0, 0.05) is 6.54 Å². The lowest BCUT2D eigenvalue weighted by Gasteiger charge is -2.11. The van der Waals surface area contributed by atoms with Crippen LogP contribution in [0, 0.1) is 5.82 Å². The van der Waals surface area contributed by atoms with Crippen LogP contribution in [0.4, 0.5) is 4.39 Å². The van der Waals surface area contributed by atoms with Gasteiger partial charge >= 0.3 is 0 Å². The molecule has 134 valence electrons. The lowest BCUT2D eigenvalue weighted by atomic mass is 10.2. The SMILES string of the molecule is Cl.O=C(NCc1ccc(OCc2ccc(F)cc2)cc1)C1CCCN1. The maximum atomic E-state index is 12.8. The molecule has 1 amide bonds. The maximum absolute atomic E-state index is 12.8. The van der Waals surface area contributed by atoms with Crippen molar-refractivity contribution >= 4 is 18.3 Å². The van der Waals surface area contributed by atoms with Gasteiger partial charge in [-0.05, 0) is 54.8 Å². The van der Waals surface area contributed by atoms with E-state index in [-0.39, 0.29) is 30.2 Å². The molecular weight excluding hydrogens is 343 g/mol. The van der Waals surface area contributed by atoms with E-state index >= 15 is 0 Å². The first kappa shape index (κ1) is 19.2. The molecule has 0 saturated carbocycles. The molecule has 0 spiro atoms. The Morgan fingerprint density at radius 1 is 1.12 bits per heavy atom. The summed E-state index contributed by atoms with van der Waals surface area (Å²) in [5.74, 6) is 0.550. The highest BCUT2D eigenvalue weighted by Gasteiger charge is 2.21. The minimum absolute atomic E-state index is 0. The number of hydrogen-bond donors (Lipinski definition) is 2. The number of carbonyl (C=O) groups excluding carboxylic acids is 1. The van der Waals surface area contributed by atoms with Crippen molar-refractivity contribution in [1.29, 1.82) is 0 Å². The summed E-state index contributed by atoms with van der Waals surface area (Å²) in [6.07, 6.45) is 1.96. The number of nitrogens with one attached hydrogen (secondary N) is 2. The second kappa shape index (κ2) is 9.39. The van der Waals surface area contributed by atoms with Gasteiger partial charge in [0.2, 0.25) is 5.91 Å². The molecular formula is C19H22ClFN2O2. The molecule has 0 aliphatic carbocycles. The summed E-state index contributed by atoms with van der Waals surface area (Å²) in [5.41, 5.74) is 1.94. The van der Waals surface area contributed by atoms with Crippen molar-refractivity contribution in [3.8, 4) is 5.75 Å². The molecule has 1 heterocycles. The van der Waals surface area contributed by atoms with Crippen LogP contribution in [0.25, 0.3) is 0 Å². The molecule has 3 rings (SSSR count). The molecule has 1 fully saturated rings. The Morgan fingerprint density at radius 2 is 1.80 bits per heavy atom. The normalized spacial score (nSPS) is 16.1. The largest absolute Gasteiger partial charge is 0.489 e. The Bertz CT molecular complexity index is 671. The molecule has 4 nitrogen and oxygen atoms in total. The van der Waals surface area contributed by atoms with Gasteiger partial charge in [-0.15, -0.1) is 12.4 Å². The van der Waals surface area contributed by atoms with E-state index in [1.807, 2.05) is 24.3 Å². The van der Waals surface area contributed by atoms with Crippen molar-refractivity contribution in [1.82, 2.24) is 10.6 Å². The Hall–Kier alpha value is -2.11. The quantitative estimate of drug-likeness (QED) is 0.827. The third-order valence-corrected chi connectivity index (χ3v) is 4.09. The fourth-order valence-corrected chi connectivity index (χ4v) is 2.67. The fraction of sp³-hybridized carbons (Fsp3) is 0.316. The van der Waals surface area contributed by atoms with Gasteiger partial charge in [-0.2, -0.15) is 0 Å². The number of benzene rings is 2. The van der Waals surface area contributed by atoms with Crippen molar-refractivity contribution in [3.05, 3.63) is 65.5 Å². The second-order valence-electron chi connectivity index (χ2n) is 5.93. The highest BCUT2D eigenvalue weighted by molar-refractivity contribution is 5.85. The van der Waals surface area contributed by atoms with E-state index in [1.165, 1.54) is 12.1 Å². The zero-order valence-electron chi connectivity index (χ0n) is 13.8. The summed E-state index contributed by atoms with van der Waals surface area (Å²) in [5, 5.41) is 6.13. The number of ether oxygens (including phenoxy) is 1. The summed E-state index contributed by atoms with van der Waals surface area (Å²) in [4.78, 5) is 11.9. The second-order valence-corrected chi connectivity index (χ2v) is 5.93. The van der Waals surface area contributed by atoms with Crippen molar-refractivity contribution in [3.63, 3.8) is 0 Å². The van der Waals surface area contributed by atoms with E-state index in [4.69, 9.17) is 4.74 Å². The van der Waals surface area contributed by atoms with Gasteiger partial charge in [-0.3, -0.25) is 4.79 Å². The zero-order chi connectivity index (χ0) is 16.8. The van der Waals surface area contributed by atoms with E-state index in [9.17, 15) is 9.18 Å². The monoisotopic (exact) mass is 364 g/mol. The number of halogens is 2. The molecule has 1 atom stereocenters. The fourth-order valence-electron chi connectivity index (χ4n) is 2.67. The highest BCUT2D eigenvalue weighted by atomic mass is 35.5. The van der Waals surface area contributed by atoms with Crippen LogP contribution >= 0.6 is 12.4 Å². The van der Waals surface area contributed by atoms with Crippen LogP contribution in [0.2, 0.25) is 0 Å². The van der Waals surface area contributed by atoms with E-state index in [1.54, 1.807) is 12.1 Å².